The lowest BCUT2D eigenvalue weighted by atomic mass is 10.1. The summed E-state index contributed by atoms with van der Waals surface area (Å²) in [5.74, 6) is 0.546. The standard InChI is InChI=1S/C14H18BrNO3/c1-9-12(6-7-19-9)16(2)14(17)11-5-4-10(15)8-13(11)18-3/h4-5,8-9,12H,6-7H2,1-3H3. The smallest absolute Gasteiger partial charge is 0.257 e. The van der Waals surface area contributed by atoms with Gasteiger partial charge in [-0.25, -0.2) is 0 Å². The highest BCUT2D eigenvalue weighted by Gasteiger charge is 2.31. The molecule has 1 saturated heterocycles. The van der Waals surface area contributed by atoms with E-state index in [2.05, 4.69) is 15.9 Å². The van der Waals surface area contributed by atoms with Gasteiger partial charge < -0.3 is 14.4 Å². The van der Waals surface area contributed by atoms with E-state index in [1.807, 2.05) is 20.0 Å². The minimum absolute atomic E-state index is 0.0355. The predicted molar refractivity (Wildman–Crippen MR) is 76.6 cm³/mol. The molecule has 1 fully saturated rings. The molecule has 1 aliphatic heterocycles. The molecule has 1 aliphatic rings. The van der Waals surface area contributed by atoms with Crippen LogP contribution in [0.2, 0.25) is 0 Å². The molecule has 5 heteroatoms. The Balaban J connectivity index is 2.23. The maximum Gasteiger partial charge on any atom is 0.257 e. The topological polar surface area (TPSA) is 38.8 Å². The summed E-state index contributed by atoms with van der Waals surface area (Å²) in [6.45, 7) is 2.71. The lowest BCUT2D eigenvalue weighted by Gasteiger charge is -2.27. The summed E-state index contributed by atoms with van der Waals surface area (Å²) in [6.07, 6.45) is 0.956. The van der Waals surface area contributed by atoms with Crippen LogP contribution in [0.1, 0.15) is 23.7 Å². The normalized spacial score (nSPS) is 22.3. The third kappa shape index (κ3) is 2.92. The number of likely N-dealkylation sites (N-methyl/N-ethyl adjacent to an activating group) is 1. The zero-order valence-corrected chi connectivity index (χ0v) is 12.9. The zero-order chi connectivity index (χ0) is 14.0. The highest BCUT2D eigenvalue weighted by Crippen LogP contribution is 2.27. The minimum atomic E-state index is -0.0355. The summed E-state index contributed by atoms with van der Waals surface area (Å²) < 4.78 is 11.7. The summed E-state index contributed by atoms with van der Waals surface area (Å²) in [4.78, 5) is 14.3. The number of carbonyl (C=O) groups excluding carboxylic acids is 1. The van der Waals surface area contributed by atoms with Crippen molar-refractivity contribution in [3.05, 3.63) is 28.2 Å². The van der Waals surface area contributed by atoms with E-state index in [0.29, 0.717) is 17.9 Å². The quantitative estimate of drug-likeness (QED) is 0.856. The van der Waals surface area contributed by atoms with E-state index in [9.17, 15) is 4.79 Å². The van der Waals surface area contributed by atoms with Gasteiger partial charge in [-0.2, -0.15) is 0 Å². The lowest BCUT2D eigenvalue weighted by molar-refractivity contribution is 0.0572. The fourth-order valence-corrected chi connectivity index (χ4v) is 2.75. The number of hydrogen-bond acceptors (Lipinski definition) is 3. The molecule has 19 heavy (non-hydrogen) atoms. The van der Waals surface area contributed by atoms with E-state index in [1.165, 1.54) is 0 Å². The fraction of sp³-hybridized carbons (Fsp3) is 0.500. The van der Waals surface area contributed by atoms with Crippen LogP contribution >= 0.6 is 15.9 Å². The Morgan fingerprint density at radius 3 is 2.84 bits per heavy atom. The molecule has 0 aromatic heterocycles. The number of halogens is 1. The van der Waals surface area contributed by atoms with Crippen LogP contribution in [0, 0.1) is 0 Å². The lowest BCUT2D eigenvalue weighted by Crippen LogP contribution is -2.41. The van der Waals surface area contributed by atoms with E-state index < -0.39 is 0 Å². The second-order valence-electron chi connectivity index (χ2n) is 4.69. The van der Waals surface area contributed by atoms with Crippen molar-refractivity contribution in [3.63, 3.8) is 0 Å². The molecular formula is C14H18BrNO3. The fourth-order valence-electron chi connectivity index (χ4n) is 2.41. The molecule has 4 nitrogen and oxygen atoms in total. The number of ether oxygens (including phenoxy) is 2. The number of methoxy groups -OCH3 is 1. The average molecular weight is 328 g/mol. The first kappa shape index (κ1) is 14.3. The Hall–Kier alpha value is -1.07. The van der Waals surface area contributed by atoms with E-state index in [1.54, 1.807) is 24.1 Å². The third-order valence-corrected chi connectivity index (χ3v) is 4.04. The molecule has 2 atom stereocenters. The number of carbonyl (C=O) groups is 1. The van der Waals surface area contributed by atoms with Crippen molar-refractivity contribution < 1.29 is 14.3 Å². The highest BCUT2D eigenvalue weighted by molar-refractivity contribution is 9.10. The van der Waals surface area contributed by atoms with E-state index in [4.69, 9.17) is 9.47 Å². The van der Waals surface area contributed by atoms with Crippen LogP contribution < -0.4 is 4.74 Å². The first-order valence-electron chi connectivity index (χ1n) is 6.27. The van der Waals surface area contributed by atoms with Crippen LogP contribution in [0.15, 0.2) is 22.7 Å². The van der Waals surface area contributed by atoms with Crippen LogP contribution in [0.4, 0.5) is 0 Å². The second kappa shape index (κ2) is 5.92. The van der Waals surface area contributed by atoms with Crippen molar-refractivity contribution in [3.8, 4) is 5.75 Å². The molecule has 2 unspecified atom stereocenters. The van der Waals surface area contributed by atoms with Crippen LogP contribution in [-0.2, 0) is 4.74 Å². The molecular weight excluding hydrogens is 310 g/mol. The molecule has 0 saturated carbocycles. The van der Waals surface area contributed by atoms with Gasteiger partial charge in [0, 0.05) is 18.1 Å². The van der Waals surface area contributed by atoms with Crippen molar-refractivity contribution in [2.45, 2.75) is 25.5 Å². The Kier molecular flexibility index (Phi) is 4.47. The zero-order valence-electron chi connectivity index (χ0n) is 11.4. The Morgan fingerprint density at radius 2 is 2.26 bits per heavy atom. The second-order valence-corrected chi connectivity index (χ2v) is 5.61. The van der Waals surface area contributed by atoms with Crippen LogP contribution in [-0.4, -0.2) is 43.7 Å². The molecule has 1 heterocycles. The minimum Gasteiger partial charge on any atom is -0.496 e. The van der Waals surface area contributed by atoms with Crippen LogP contribution in [0.5, 0.6) is 5.75 Å². The molecule has 2 rings (SSSR count). The third-order valence-electron chi connectivity index (χ3n) is 3.55. The molecule has 0 spiro atoms. The van der Waals surface area contributed by atoms with Gasteiger partial charge in [-0.15, -0.1) is 0 Å². The Morgan fingerprint density at radius 1 is 1.53 bits per heavy atom. The van der Waals surface area contributed by atoms with Gasteiger partial charge in [-0.3, -0.25) is 4.79 Å². The van der Waals surface area contributed by atoms with Crippen molar-refractivity contribution in [1.29, 1.82) is 0 Å². The number of rotatable bonds is 3. The first-order valence-corrected chi connectivity index (χ1v) is 7.06. The van der Waals surface area contributed by atoms with Gasteiger partial charge in [0.05, 0.1) is 24.8 Å². The molecule has 0 N–H and O–H groups in total. The summed E-state index contributed by atoms with van der Waals surface area (Å²) in [6, 6.07) is 5.55. The monoisotopic (exact) mass is 327 g/mol. The summed E-state index contributed by atoms with van der Waals surface area (Å²) in [7, 11) is 3.39. The average Bonchev–Trinajstić information content (AvgIpc) is 2.83. The van der Waals surface area contributed by atoms with Gasteiger partial charge in [-0.05, 0) is 31.5 Å². The summed E-state index contributed by atoms with van der Waals surface area (Å²) >= 11 is 3.37. The van der Waals surface area contributed by atoms with Gasteiger partial charge >= 0.3 is 0 Å². The van der Waals surface area contributed by atoms with Gasteiger partial charge in [0.15, 0.2) is 0 Å². The van der Waals surface area contributed by atoms with Gasteiger partial charge in [0.2, 0.25) is 0 Å². The largest absolute Gasteiger partial charge is 0.496 e. The number of amides is 1. The summed E-state index contributed by atoms with van der Waals surface area (Å²) in [5.41, 5.74) is 0.576. The Labute approximate surface area is 121 Å². The maximum absolute atomic E-state index is 12.5. The molecule has 0 bridgehead atoms. The van der Waals surface area contributed by atoms with Crippen LogP contribution in [0.3, 0.4) is 0 Å². The van der Waals surface area contributed by atoms with E-state index in [-0.39, 0.29) is 18.1 Å². The molecule has 1 aromatic rings. The molecule has 0 aliphatic carbocycles. The van der Waals surface area contributed by atoms with Crippen molar-refractivity contribution >= 4 is 21.8 Å². The highest BCUT2D eigenvalue weighted by atomic mass is 79.9. The van der Waals surface area contributed by atoms with Crippen molar-refractivity contribution in [2.24, 2.45) is 0 Å². The maximum atomic E-state index is 12.5. The van der Waals surface area contributed by atoms with E-state index in [0.717, 1.165) is 10.9 Å². The van der Waals surface area contributed by atoms with Gasteiger partial charge in [0.1, 0.15) is 5.75 Å². The molecule has 1 aromatic carbocycles. The predicted octanol–water partition coefficient (Wildman–Crippen LogP) is 2.71. The molecule has 0 radical (unpaired) electrons. The first-order chi connectivity index (χ1) is 9.04. The van der Waals surface area contributed by atoms with Gasteiger partial charge in [0.25, 0.3) is 5.91 Å². The Bertz CT molecular complexity index is 478. The van der Waals surface area contributed by atoms with Crippen molar-refractivity contribution in [1.82, 2.24) is 4.90 Å². The van der Waals surface area contributed by atoms with Crippen LogP contribution in [0.25, 0.3) is 0 Å². The number of benzene rings is 1. The molecule has 104 valence electrons. The van der Waals surface area contributed by atoms with E-state index >= 15 is 0 Å². The van der Waals surface area contributed by atoms with Gasteiger partial charge in [-0.1, -0.05) is 15.9 Å². The molecule has 1 amide bonds. The SMILES string of the molecule is COc1cc(Br)ccc1C(=O)N(C)C1CCOC1C. The van der Waals surface area contributed by atoms with Crippen molar-refractivity contribution in [2.75, 3.05) is 20.8 Å². The number of nitrogens with zero attached hydrogens (tertiary/aromatic N) is 1. The summed E-state index contributed by atoms with van der Waals surface area (Å²) in [5, 5.41) is 0. The number of hydrogen-bond donors (Lipinski definition) is 0.